The Morgan fingerprint density at radius 3 is 2.88 bits per heavy atom. The van der Waals surface area contributed by atoms with Crippen molar-refractivity contribution in [2.24, 2.45) is 0 Å². The third-order valence-corrected chi connectivity index (χ3v) is 4.67. The Balaban J connectivity index is 1.79. The van der Waals surface area contributed by atoms with Crippen LogP contribution >= 0.6 is 0 Å². The van der Waals surface area contributed by atoms with Crippen molar-refractivity contribution in [2.75, 3.05) is 39.5 Å². The number of hydrogen-bond acceptors (Lipinski definition) is 5. The molecule has 1 atom stereocenters. The average molecular weight is 347 g/mol. The number of carbonyl (C=O) groups excluding carboxylic acids is 2. The molecule has 2 saturated heterocycles. The van der Waals surface area contributed by atoms with Crippen LogP contribution in [0.15, 0.2) is 18.3 Å². The van der Waals surface area contributed by atoms with Gasteiger partial charge in [0.05, 0.1) is 26.3 Å². The normalized spacial score (nSPS) is 24.7. The molecule has 2 aliphatic rings. The first-order valence-corrected chi connectivity index (χ1v) is 8.63. The highest BCUT2D eigenvalue weighted by Gasteiger charge is 2.43. The van der Waals surface area contributed by atoms with Gasteiger partial charge in [-0.05, 0) is 32.9 Å². The Morgan fingerprint density at radius 2 is 2.16 bits per heavy atom. The first-order valence-electron chi connectivity index (χ1n) is 8.63. The van der Waals surface area contributed by atoms with Crippen molar-refractivity contribution in [1.29, 1.82) is 0 Å². The summed E-state index contributed by atoms with van der Waals surface area (Å²) in [6.45, 7) is 7.97. The standard InChI is InChI=1S/C18H25N3O4/c1-13(2)21-11-18(12-24-9-16(21)22)10-20(6-7-25-18)17(23)15-4-5-19-14(3)8-15/h4-5,8,13H,6-7,9-12H2,1-3H3. The number of aromatic nitrogens is 1. The highest BCUT2D eigenvalue weighted by atomic mass is 16.5. The third-order valence-electron chi connectivity index (χ3n) is 4.67. The van der Waals surface area contributed by atoms with Crippen molar-refractivity contribution in [3.8, 4) is 0 Å². The van der Waals surface area contributed by atoms with Gasteiger partial charge < -0.3 is 19.3 Å². The lowest BCUT2D eigenvalue weighted by atomic mass is 10.00. The van der Waals surface area contributed by atoms with E-state index >= 15 is 0 Å². The highest BCUT2D eigenvalue weighted by Crippen LogP contribution is 2.25. The molecule has 1 unspecified atom stereocenters. The molecule has 0 N–H and O–H groups in total. The number of morpholine rings is 1. The zero-order valence-electron chi connectivity index (χ0n) is 15.0. The number of hydrogen-bond donors (Lipinski definition) is 0. The van der Waals surface area contributed by atoms with Crippen molar-refractivity contribution >= 4 is 11.8 Å². The van der Waals surface area contributed by atoms with Crippen LogP contribution in [0.25, 0.3) is 0 Å². The van der Waals surface area contributed by atoms with Crippen molar-refractivity contribution < 1.29 is 19.1 Å². The van der Waals surface area contributed by atoms with Crippen molar-refractivity contribution in [3.05, 3.63) is 29.6 Å². The van der Waals surface area contributed by atoms with Crippen LogP contribution in [0.4, 0.5) is 0 Å². The zero-order valence-corrected chi connectivity index (χ0v) is 15.0. The van der Waals surface area contributed by atoms with Gasteiger partial charge in [0.15, 0.2) is 0 Å². The molecule has 0 bridgehead atoms. The van der Waals surface area contributed by atoms with Gasteiger partial charge in [0.25, 0.3) is 5.91 Å². The largest absolute Gasteiger partial charge is 0.368 e. The molecule has 1 aromatic heterocycles. The topological polar surface area (TPSA) is 72.0 Å². The molecule has 3 rings (SSSR count). The second-order valence-corrected chi connectivity index (χ2v) is 7.05. The Morgan fingerprint density at radius 1 is 1.36 bits per heavy atom. The predicted molar refractivity (Wildman–Crippen MR) is 91.2 cm³/mol. The molecule has 0 saturated carbocycles. The second kappa shape index (κ2) is 7.09. The maximum Gasteiger partial charge on any atom is 0.254 e. The molecule has 1 aromatic rings. The van der Waals surface area contributed by atoms with Gasteiger partial charge in [0.2, 0.25) is 5.91 Å². The van der Waals surface area contributed by atoms with Crippen LogP contribution in [0.5, 0.6) is 0 Å². The smallest absolute Gasteiger partial charge is 0.254 e. The molecule has 2 fully saturated rings. The van der Waals surface area contributed by atoms with Crippen LogP contribution < -0.4 is 0 Å². The SMILES string of the molecule is Cc1cc(C(=O)N2CCOC3(COCC(=O)N(C(C)C)C3)C2)ccn1. The minimum absolute atomic E-state index is 0.0383. The number of nitrogens with zero attached hydrogens (tertiary/aromatic N) is 3. The van der Waals surface area contributed by atoms with Crippen LogP contribution in [0, 0.1) is 6.92 Å². The summed E-state index contributed by atoms with van der Waals surface area (Å²) in [7, 11) is 0. The van der Waals surface area contributed by atoms with Gasteiger partial charge in [-0.3, -0.25) is 14.6 Å². The summed E-state index contributed by atoms with van der Waals surface area (Å²) in [5, 5.41) is 0. The lowest BCUT2D eigenvalue weighted by molar-refractivity contribution is -0.140. The molecular formula is C18H25N3O4. The Labute approximate surface area is 147 Å². The average Bonchev–Trinajstić information content (AvgIpc) is 2.74. The van der Waals surface area contributed by atoms with Gasteiger partial charge in [-0.1, -0.05) is 0 Å². The summed E-state index contributed by atoms with van der Waals surface area (Å²) in [5.74, 6) is -0.0801. The van der Waals surface area contributed by atoms with Crippen molar-refractivity contribution in [2.45, 2.75) is 32.4 Å². The fourth-order valence-electron chi connectivity index (χ4n) is 3.38. The van der Waals surface area contributed by atoms with E-state index in [1.165, 1.54) is 0 Å². The van der Waals surface area contributed by atoms with E-state index in [1.54, 1.807) is 28.1 Å². The molecule has 7 nitrogen and oxygen atoms in total. The number of rotatable bonds is 2. The van der Waals surface area contributed by atoms with Crippen LogP contribution in [0.1, 0.15) is 29.9 Å². The van der Waals surface area contributed by atoms with Crippen LogP contribution in [-0.4, -0.2) is 77.7 Å². The van der Waals surface area contributed by atoms with Crippen LogP contribution in [-0.2, 0) is 14.3 Å². The molecule has 136 valence electrons. The first-order chi connectivity index (χ1) is 11.9. The fourth-order valence-corrected chi connectivity index (χ4v) is 3.38. The number of amides is 2. The van der Waals surface area contributed by atoms with Crippen LogP contribution in [0.3, 0.4) is 0 Å². The Kier molecular flexibility index (Phi) is 5.06. The molecule has 0 aromatic carbocycles. The quantitative estimate of drug-likeness (QED) is 0.794. The number of ether oxygens (including phenoxy) is 2. The van der Waals surface area contributed by atoms with Crippen molar-refractivity contribution in [1.82, 2.24) is 14.8 Å². The molecule has 25 heavy (non-hydrogen) atoms. The Hall–Kier alpha value is -1.99. The maximum absolute atomic E-state index is 12.9. The molecule has 0 radical (unpaired) electrons. The van der Waals surface area contributed by atoms with E-state index in [9.17, 15) is 9.59 Å². The predicted octanol–water partition coefficient (Wildman–Crippen LogP) is 0.868. The highest BCUT2D eigenvalue weighted by molar-refractivity contribution is 5.94. The molecule has 3 heterocycles. The number of carbonyl (C=O) groups is 2. The summed E-state index contributed by atoms with van der Waals surface area (Å²) in [6, 6.07) is 3.58. The van der Waals surface area contributed by atoms with Gasteiger partial charge in [0, 0.05) is 30.0 Å². The summed E-state index contributed by atoms with van der Waals surface area (Å²) < 4.78 is 11.6. The zero-order chi connectivity index (χ0) is 18.0. The molecule has 1 spiro atoms. The minimum atomic E-state index is -0.674. The first kappa shape index (κ1) is 17.8. The van der Waals surface area contributed by atoms with E-state index in [-0.39, 0.29) is 24.5 Å². The van der Waals surface area contributed by atoms with E-state index in [1.807, 2.05) is 20.8 Å². The number of aryl methyl sites for hydroxylation is 1. The summed E-state index contributed by atoms with van der Waals surface area (Å²) in [4.78, 5) is 32.8. The van der Waals surface area contributed by atoms with Gasteiger partial charge >= 0.3 is 0 Å². The lowest BCUT2D eigenvalue weighted by Gasteiger charge is -2.44. The monoisotopic (exact) mass is 347 g/mol. The van der Waals surface area contributed by atoms with Crippen LogP contribution in [0.2, 0.25) is 0 Å². The molecule has 7 heteroatoms. The second-order valence-electron chi connectivity index (χ2n) is 7.05. The third kappa shape index (κ3) is 3.82. The fraction of sp³-hybridized carbons (Fsp3) is 0.611. The lowest BCUT2D eigenvalue weighted by Crippen LogP contribution is -2.60. The molecule has 2 amide bonds. The van der Waals surface area contributed by atoms with Crippen molar-refractivity contribution in [3.63, 3.8) is 0 Å². The van der Waals surface area contributed by atoms with E-state index < -0.39 is 5.60 Å². The van der Waals surface area contributed by atoms with E-state index in [0.717, 1.165) is 5.69 Å². The summed E-state index contributed by atoms with van der Waals surface area (Å²) in [6.07, 6.45) is 1.65. The molecular weight excluding hydrogens is 322 g/mol. The molecule has 2 aliphatic heterocycles. The van der Waals surface area contributed by atoms with E-state index in [2.05, 4.69) is 4.98 Å². The van der Waals surface area contributed by atoms with E-state index in [0.29, 0.717) is 38.4 Å². The summed E-state index contributed by atoms with van der Waals surface area (Å²) in [5.41, 5.74) is 0.756. The van der Waals surface area contributed by atoms with Gasteiger partial charge in [-0.2, -0.15) is 0 Å². The minimum Gasteiger partial charge on any atom is -0.368 e. The van der Waals surface area contributed by atoms with Gasteiger partial charge in [-0.25, -0.2) is 0 Å². The Bertz CT molecular complexity index is 663. The van der Waals surface area contributed by atoms with Gasteiger partial charge in [0.1, 0.15) is 12.2 Å². The maximum atomic E-state index is 12.9. The number of pyridine rings is 1. The molecule has 0 aliphatic carbocycles. The van der Waals surface area contributed by atoms with E-state index in [4.69, 9.17) is 9.47 Å². The van der Waals surface area contributed by atoms with Gasteiger partial charge in [-0.15, -0.1) is 0 Å². The summed E-state index contributed by atoms with van der Waals surface area (Å²) >= 11 is 0.